The van der Waals surface area contributed by atoms with E-state index in [0.29, 0.717) is 11.8 Å². The number of para-hydroxylation sites is 2. The minimum atomic E-state index is 0.511. The first-order valence-electron chi connectivity index (χ1n) is 8.03. The van der Waals surface area contributed by atoms with Crippen molar-refractivity contribution in [3.8, 4) is 11.5 Å². The zero-order chi connectivity index (χ0) is 15.2. The molecule has 0 N–H and O–H groups in total. The zero-order valence-electron chi connectivity index (χ0n) is 13.6. The van der Waals surface area contributed by atoms with Crippen LogP contribution in [-0.2, 0) is 0 Å². The van der Waals surface area contributed by atoms with E-state index in [1.807, 2.05) is 12.1 Å². The van der Waals surface area contributed by atoms with Gasteiger partial charge in [0, 0.05) is 0 Å². The largest absolute Gasteiger partial charge is 0.457 e. The van der Waals surface area contributed by atoms with Crippen molar-refractivity contribution < 1.29 is 4.74 Å². The van der Waals surface area contributed by atoms with E-state index in [1.165, 1.54) is 11.1 Å². The van der Waals surface area contributed by atoms with Crippen LogP contribution in [0, 0.1) is 0 Å². The average Bonchev–Trinajstić information content (AvgIpc) is 2.54. The molecule has 0 heterocycles. The van der Waals surface area contributed by atoms with Gasteiger partial charge in [0.25, 0.3) is 0 Å². The minimum Gasteiger partial charge on any atom is -0.457 e. The standard InChI is InChI=1S/C20H26O/c1-5-15(3)17-11-7-9-13-19(17)21-20-14-10-8-12-18(20)16(4)6-2/h7-16H,5-6H2,1-4H3. The Balaban J connectivity index is 2.35. The van der Waals surface area contributed by atoms with Crippen LogP contribution >= 0.6 is 0 Å². The Bertz CT molecular complexity index is 522. The van der Waals surface area contributed by atoms with Crippen molar-refractivity contribution in [3.05, 3.63) is 59.7 Å². The smallest absolute Gasteiger partial charge is 0.130 e. The van der Waals surface area contributed by atoms with Gasteiger partial charge in [0.1, 0.15) is 11.5 Å². The third-order valence-corrected chi connectivity index (χ3v) is 4.34. The summed E-state index contributed by atoms with van der Waals surface area (Å²) >= 11 is 0. The number of ether oxygens (including phenoxy) is 1. The van der Waals surface area contributed by atoms with Crippen LogP contribution in [0.4, 0.5) is 0 Å². The Hall–Kier alpha value is -1.76. The molecule has 112 valence electrons. The molecule has 21 heavy (non-hydrogen) atoms. The van der Waals surface area contributed by atoms with E-state index in [-0.39, 0.29) is 0 Å². The molecule has 0 radical (unpaired) electrons. The summed E-state index contributed by atoms with van der Waals surface area (Å²) in [6.45, 7) is 8.94. The van der Waals surface area contributed by atoms with E-state index in [1.54, 1.807) is 0 Å². The quantitative estimate of drug-likeness (QED) is 0.587. The lowest BCUT2D eigenvalue weighted by Gasteiger charge is -2.19. The fraction of sp³-hybridized carbons (Fsp3) is 0.400. The lowest BCUT2D eigenvalue weighted by Crippen LogP contribution is -1.99. The van der Waals surface area contributed by atoms with Crippen LogP contribution in [0.3, 0.4) is 0 Å². The molecule has 0 saturated heterocycles. The summed E-state index contributed by atoms with van der Waals surface area (Å²) in [5, 5.41) is 0. The molecule has 1 heteroatoms. The summed E-state index contributed by atoms with van der Waals surface area (Å²) < 4.78 is 6.29. The molecule has 2 aromatic rings. The molecular formula is C20H26O. The predicted molar refractivity (Wildman–Crippen MR) is 90.4 cm³/mol. The number of rotatable bonds is 6. The maximum Gasteiger partial charge on any atom is 0.130 e. The summed E-state index contributed by atoms with van der Waals surface area (Å²) in [5.41, 5.74) is 2.58. The van der Waals surface area contributed by atoms with E-state index >= 15 is 0 Å². The van der Waals surface area contributed by atoms with Crippen molar-refractivity contribution >= 4 is 0 Å². The van der Waals surface area contributed by atoms with E-state index in [9.17, 15) is 0 Å². The maximum absolute atomic E-state index is 6.29. The summed E-state index contributed by atoms with van der Waals surface area (Å²) in [5.74, 6) is 3.00. The Morgan fingerprint density at radius 3 is 1.48 bits per heavy atom. The molecule has 0 bridgehead atoms. The van der Waals surface area contributed by atoms with Crippen LogP contribution < -0.4 is 4.74 Å². The van der Waals surface area contributed by atoms with Crippen molar-refractivity contribution in [2.75, 3.05) is 0 Å². The Labute approximate surface area is 129 Å². The monoisotopic (exact) mass is 282 g/mol. The van der Waals surface area contributed by atoms with E-state index < -0.39 is 0 Å². The van der Waals surface area contributed by atoms with Crippen LogP contribution in [0.25, 0.3) is 0 Å². The van der Waals surface area contributed by atoms with Crippen molar-refractivity contribution in [1.29, 1.82) is 0 Å². The van der Waals surface area contributed by atoms with Crippen LogP contribution in [0.1, 0.15) is 63.5 Å². The van der Waals surface area contributed by atoms with Gasteiger partial charge in [-0.05, 0) is 47.9 Å². The molecule has 0 aliphatic rings. The zero-order valence-corrected chi connectivity index (χ0v) is 13.6. The van der Waals surface area contributed by atoms with E-state index in [4.69, 9.17) is 4.74 Å². The second kappa shape index (κ2) is 7.31. The molecule has 2 unspecified atom stereocenters. The number of benzene rings is 2. The van der Waals surface area contributed by atoms with Gasteiger partial charge >= 0.3 is 0 Å². The summed E-state index contributed by atoms with van der Waals surface area (Å²) in [4.78, 5) is 0. The highest BCUT2D eigenvalue weighted by atomic mass is 16.5. The van der Waals surface area contributed by atoms with Gasteiger partial charge in [-0.1, -0.05) is 64.1 Å². The van der Waals surface area contributed by atoms with Gasteiger partial charge in [0.05, 0.1) is 0 Å². The first-order valence-corrected chi connectivity index (χ1v) is 8.03. The molecule has 0 aromatic heterocycles. The lowest BCUT2D eigenvalue weighted by atomic mass is 9.96. The molecule has 0 spiro atoms. The molecular weight excluding hydrogens is 256 g/mol. The second-order valence-corrected chi connectivity index (χ2v) is 5.80. The van der Waals surface area contributed by atoms with Gasteiger partial charge < -0.3 is 4.74 Å². The fourth-order valence-electron chi connectivity index (χ4n) is 2.52. The van der Waals surface area contributed by atoms with Crippen molar-refractivity contribution in [2.24, 2.45) is 0 Å². The summed E-state index contributed by atoms with van der Waals surface area (Å²) in [7, 11) is 0. The third kappa shape index (κ3) is 3.66. The normalized spacial score (nSPS) is 13.7. The van der Waals surface area contributed by atoms with Gasteiger partial charge in [-0.2, -0.15) is 0 Å². The number of hydrogen-bond donors (Lipinski definition) is 0. The van der Waals surface area contributed by atoms with Crippen LogP contribution in [-0.4, -0.2) is 0 Å². The van der Waals surface area contributed by atoms with Gasteiger partial charge in [-0.15, -0.1) is 0 Å². The van der Waals surface area contributed by atoms with Crippen LogP contribution in [0.2, 0.25) is 0 Å². The van der Waals surface area contributed by atoms with Gasteiger partial charge in [-0.25, -0.2) is 0 Å². The first-order chi connectivity index (χ1) is 10.2. The summed E-state index contributed by atoms with van der Waals surface area (Å²) in [6.07, 6.45) is 2.24. The predicted octanol–water partition coefficient (Wildman–Crippen LogP) is 6.51. The molecule has 0 aliphatic heterocycles. The highest BCUT2D eigenvalue weighted by Gasteiger charge is 2.14. The van der Waals surface area contributed by atoms with Crippen molar-refractivity contribution in [2.45, 2.75) is 52.4 Å². The molecule has 2 rings (SSSR count). The van der Waals surface area contributed by atoms with E-state index in [2.05, 4.69) is 64.1 Å². The minimum absolute atomic E-state index is 0.511. The number of hydrogen-bond acceptors (Lipinski definition) is 1. The average molecular weight is 282 g/mol. The molecule has 0 aliphatic carbocycles. The highest BCUT2D eigenvalue weighted by molar-refractivity contribution is 5.43. The second-order valence-electron chi connectivity index (χ2n) is 5.80. The SMILES string of the molecule is CCC(C)c1ccccc1Oc1ccccc1C(C)CC. The van der Waals surface area contributed by atoms with E-state index in [0.717, 1.165) is 24.3 Å². The Kier molecular flexibility index (Phi) is 5.44. The highest BCUT2D eigenvalue weighted by Crippen LogP contribution is 2.36. The maximum atomic E-state index is 6.29. The molecule has 2 atom stereocenters. The van der Waals surface area contributed by atoms with Gasteiger partial charge in [0.15, 0.2) is 0 Å². The van der Waals surface area contributed by atoms with Crippen molar-refractivity contribution in [1.82, 2.24) is 0 Å². The molecule has 0 amide bonds. The fourth-order valence-corrected chi connectivity index (χ4v) is 2.52. The Morgan fingerprint density at radius 1 is 0.714 bits per heavy atom. The molecule has 2 aromatic carbocycles. The Morgan fingerprint density at radius 2 is 1.10 bits per heavy atom. The first kappa shape index (κ1) is 15.6. The third-order valence-electron chi connectivity index (χ3n) is 4.34. The lowest BCUT2D eigenvalue weighted by molar-refractivity contribution is 0.459. The molecule has 1 nitrogen and oxygen atoms in total. The van der Waals surface area contributed by atoms with Gasteiger partial charge in [0.2, 0.25) is 0 Å². The topological polar surface area (TPSA) is 9.23 Å². The van der Waals surface area contributed by atoms with Crippen LogP contribution in [0.15, 0.2) is 48.5 Å². The van der Waals surface area contributed by atoms with Gasteiger partial charge in [-0.3, -0.25) is 0 Å². The molecule has 0 saturated carbocycles. The molecule has 0 fully saturated rings. The van der Waals surface area contributed by atoms with Crippen molar-refractivity contribution in [3.63, 3.8) is 0 Å². The summed E-state index contributed by atoms with van der Waals surface area (Å²) in [6, 6.07) is 16.8. The van der Waals surface area contributed by atoms with Crippen LogP contribution in [0.5, 0.6) is 11.5 Å².